The van der Waals surface area contributed by atoms with Crippen LogP contribution in [0.15, 0.2) is 53.4 Å². The molecule has 1 aliphatic heterocycles. The van der Waals surface area contributed by atoms with Crippen molar-refractivity contribution in [1.29, 1.82) is 0 Å². The molecule has 3 rings (SSSR count). The second-order valence-electron chi connectivity index (χ2n) is 5.51. The number of nitrogens with zero attached hydrogens (tertiary/aromatic N) is 1. The molecule has 2 aromatic rings. The lowest BCUT2D eigenvalue weighted by atomic mass is 10.1. The molecule has 0 spiro atoms. The Kier molecular flexibility index (Phi) is 3.63. The Balaban J connectivity index is 2.10. The van der Waals surface area contributed by atoms with Gasteiger partial charge in [0.15, 0.2) is 0 Å². The minimum absolute atomic E-state index is 0.341. The van der Waals surface area contributed by atoms with Gasteiger partial charge in [0.25, 0.3) is 10.0 Å². The van der Waals surface area contributed by atoms with Gasteiger partial charge in [-0.1, -0.05) is 24.3 Å². The number of benzene rings is 2. The molecular weight excluding hydrogens is 327 g/mol. The van der Waals surface area contributed by atoms with Gasteiger partial charge in [-0.3, -0.25) is 4.31 Å². The van der Waals surface area contributed by atoms with Crippen LogP contribution < -0.4 is 4.31 Å². The van der Waals surface area contributed by atoms with E-state index in [1.165, 1.54) is 10.4 Å². The number of fused-ring (bicyclic) bond motifs is 1. The largest absolute Gasteiger partial charge is 0.416 e. The summed E-state index contributed by atoms with van der Waals surface area (Å²) in [6.07, 6.45) is -4.05. The van der Waals surface area contributed by atoms with Gasteiger partial charge in [0.2, 0.25) is 0 Å². The molecule has 0 bridgehead atoms. The van der Waals surface area contributed by atoms with Gasteiger partial charge >= 0.3 is 6.18 Å². The highest BCUT2D eigenvalue weighted by atomic mass is 32.2. The molecular formula is C16H14F3NO2S. The van der Waals surface area contributed by atoms with Gasteiger partial charge in [0.1, 0.15) is 0 Å². The smallest absolute Gasteiger partial charge is 0.263 e. The molecule has 0 aliphatic carbocycles. The topological polar surface area (TPSA) is 37.4 Å². The lowest BCUT2D eigenvalue weighted by Gasteiger charge is -2.24. The van der Waals surface area contributed by atoms with E-state index in [0.717, 1.165) is 17.7 Å². The quantitative estimate of drug-likeness (QED) is 0.832. The molecule has 122 valence electrons. The highest BCUT2D eigenvalue weighted by Gasteiger charge is 2.37. The average Bonchev–Trinajstić information content (AvgIpc) is 2.83. The van der Waals surface area contributed by atoms with Gasteiger partial charge in [-0.2, -0.15) is 13.2 Å². The highest BCUT2D eigenvalue weighted by molar-refractivity contribution is 7.92. The Morgan fingerprint density at radius 2 is 1.78 bits per heavy atom. The monoisotopic (exact) mass is 341 g/mol. The summed E-state index contributed by atoms with van der Waals surface area (Å²) in [5.41, 5.74) is 0.423. The Bertz CT molecular complexity index is 846. The maximum absolute atomic E-state index is 12.8. The van der Waals surface area contributed by atoms with Crippen LogP contribution in [0, 0.1) is 0 Å². The first-order chi connectivity index (χ1) is 10.7. The number of para-hydroxylation sites is 1. The molecule has 3 nitrogen and oxygen atoms in total. The van der Waals surface area contributed by atoms with E-state index in [-0.39, 0.29) is 10.9 Å². The van der Waals surface area contributed by atoms with Crippen LogP contribution in [0.5, 0.6) is 0 Å². The third-order valence-corrected chi connectivity index (χ3v) is 5.79. The zero-order chi connectivity index (χ0) is 16.8. The number of halogens is 3. The van der Waals surface area contributed by atoms with Crippen molar-refractivity contribution in [2.45, 2.75) is 30.5 Å². The summed E-state index contributed by atoms with van der Waals surface area (Å²) >= 11 is 0. The summed E-state index contributed by atoms with van der Waals surface area (Å²) in [6, 6.07) is 10.5. The van der Waals surface area contributed by atoms with Gasteiger partial charge in [0, 0.05) is 6.04 Å². The van der Waals surface area contributed by atoms with Crippen LogP contribution in [-0.2, 0) is 22.6 Å². The van der Waals surface area contributed by atoms with Crippen molar-refractivity contribution < 1.29 is 21.6 Å². The lowest BCUT2D eigenvalue weighted by Crippen LogP contribution is -2.35. The molecule has 0 saturated heterocycles. The summed E-state index contributed by atoms with van der Waals surface area (Å²) < 4.78 is 65.4. The molecule has 0 N–H and O–H groups in total. The average molecular weight is 341 g/mol. The fraction of sp³-hybridized carbons (Fsp3) is 0.250. The minimum atomic E-state index is -4.58. The second kappa shape index (κ2) is 5.26. The standard InChI is InChI=1S/C16H14F3NO2S/c1-11-9-12-5-2-3-8-15(12)20(11)23(21,22)14-7-4-6-13(10-14)16(17,18)19/h2-8,10-11H,9H2,1H3/t11-/m1/s1. The molecule has 2 aromatic carbocycles. The molecule has 1 aliphatic rings. The molecule has 0 aromatic heterocycles. The van der Waals surface area contributed by atoms with Crippen molar-refractivity contribution in [1.82, 2.24) is 0 Å². The fourth-order valence-corrected chi connectivity index (χ4v) is 4.59. The molecule has 1 heterocycles. The molecule has 0 fully saturated rings. The molecule has 0 radical (unpaired) electrons. The molecule has 23 heavy (non-hydrogen) atoms. The summed E-state index contributed by atoms with van der Waals surface area (Å²) in [5.74, 6) is 0. The van der Waals surface area contributed by atoms with Crippen LogP contribution in [0.4, 0.5) is 18.9 Å². The maximum atomic E-state index is 12.8. The van der Waals surface area contributed by atoms with E-state index in [1.54, 1.807) is 19.1 Å². The van der Waals surface area contributed by atoms with E-state index in [9.17, 15) is 21.6 Å². The molecule has 1 atom stereocenters. The predicted octanol–water partition coefficient (Wildman–Crippen LogP) is 3.85. The molecule has 0 unspecified atom stereocenters. The Morgan fingerprint density at radius 3 is 2.48 bits per heavy atom. The normalized spacial score (nSPS) is 18.1. The Morgan fingerprint density at radius 1 is 1.09 bits per heavy atom. The van der Waals surface area contributed by atoms with Crippen molar-refractivity contribution in [2.75, 3.05) is 4.31 Å². The number of alkyl halides is 3. The fourth-order valence-electron chi connectivity index (χ4n) is 2.85. The SMILES string of the molecule is C[C@@H]1Cc2ccccc2N1S(=O)(=O)c1cccc(C(F)(F)F)c1. The first-order valence-corrected chi connectivity index (χ1v) is 8.45. The van der Waals surface area contributed by atoms with Gasteiger partial charge in [-0.15, -0.1) is 0 Å². The van der Waals surface area contributed by atoms with E-state index in [2.05, 4.69) is 0 Å². The van der Waals surface area contributed by atoms with E-state index in [4.69, 9.17) is 0 Å². The van der Waals surface area contributed by atoms with Gasteiger partial charge in [-0.05, 0) is 43.2 Å². The van der Waals surface area contributed by atoms with Crippen molar-refractivity contribution in [3.63, 3.8) is 0 Å². The molecule has 0 amide bonds. The number of hydrogen-bond donors (Lipinski definition) is 0. The van der Waals surface area contributed by atoms with Gasteiger partial charge in [0.05, 0.1) is 16.1 Å². The summed E-state index contributed by atoms with van der Waals surface area (Å²) in [4.78, 5) is -0.351. The lowest BCUT2D eigenvalue weighted by molar-refractivity contribution is -0.137. The number of hydrogen-bond acceptors (Lipinski definition) is 2. The van der Waals surface area contributed by atoms with Crippen molar-refractivity contribution in [3.8, 4) is 0 Å². The highest BCUT2D eigenvalue weighted by Crippen LogP contribution is 2.37. The van der Waals surface area contributed by atoms with Crippen molar-refractivity contribution >= 4 is 15.7 Å². The second-order valence-corrected chi connectivity index (χ2v) is 7.32. The van der Waals surface area contributed by atoms with Crippen LogP contribution in [0.3, 0.4) is 0 Å². The van der Waals surface area contributed by atoms with E-state index < -0.39 is 21.8 Å². The first kappa shape index (κ1) is 15.9. The van der Waals surface area contributed by atoms with Gasteiger partial charge < -0.3 is 0 Å². The third kappa shape index (κ3) is 2.69. The van der Waals surface area contributed by atoms with E-state index in [0.29, 0.717) is 18.2 Å². The summed E-state index contributed by atoms with van der Waals surface area (Å²) in [5, 5.41) is 0. The van der Waals surface area contributed by atoms with Crippen molar-refractivity contribution in [2.24, 2.45) is 0 Å². The van der Waals surface area contributed by atoms with Crippen LogP contribution >= 0.6 is 0 Å². The van der Waals surface area contributed by atoms with E-state index in [1.807, 2.05) is 12.1 Å². The van der Waals surface area contributed by atoms with Crippen LogP contribution in [0.2, 0.25) is 0 Å². The number of rotatable bonds is 2. The summed E-state index contributed by atoms with van der Waals surface area (Å²) in [6.45, 7) is 1.74. The Hall–Kier alpha value is -2.02. The van der Waals surface area contributed by atoms with Crippen LogP contribution in [-0.4, -0.2) is 14.5 Å². The summed E-state index contributed by atoms with van der Waals surface area (Å²) in [7, 11) is -4.05. The zero-order valence-corrected chi connectivity index (χ0v) is 13.0. The van der Waals surface area contributed by atoms with Gasteiger partial charge in [-0.25, -0.2) is 8.42 Å². The van der Waals surface area contributed by atoms with Crippen LogP contribution in [0.25, 0.3) is 0 Å². The number of anilines is 1. The number of sulfonamides is 1. The molecule has 0 saturated carbocycles. The molecule has 7 heteroatoms. The zero-order valence-electron chi connectivity index (χ0n) is 12.2. The Labute approximate surface area is 132 Å². The predicted molar refractivity (Wildman–Crippen MR) is 80.7 cm³/mol. The first-order valence-electron chi connectivity index (χ1n) is 7.01. The van der Waals surface area contributed by atoms with Crippen molar-refractivity contribution in [3.05, 3.63) is 59.7 Å². The third-order valence-electron chi connectivity index (χ3n) is 3.86. The van der Waals surface area contributed by atoms with E-state index >= 15 is 0 Å². The van der Waals surface area contributed by atoms with Crippen LogP contribution in [0.1, 0.15) is 18.1 Å². The maximum Gasteiger partial charge on any atom is 0.416 e. The minimum Gasteiger partial charge on any atom is -0.263 e.